The number of aliphatic imine (C=N–C) groups is 1. The lowest BCUT2D eigenvalue weighted by Gasteiger charge is -2.27. The van der Waals surface area contributed by atoms with Gasteiger partial charge in [0.15, 0.2) is 0 Å². The van der Waals surface area contributed by atoms with Gasteiger partial charge in [0.2, 0.25) is 5.96 Å². The maximum Gasteiger partial charge on any atom is 0.208 e. The van der Waals surface area contributed by atoms with Crippen LogP contribution in [0.4, 0.5) is 0 Å². The maximum atomic E-state index is 5.64. The van der Waals surface area contributed by atoms with Gasteiger partial charge in [-0.05, 0) is 18.8 Å². The molecule has 106 valence electrons. The van der Waals surface area contributed by atoms with E-state index < -0.39 is 0 Å². The van der Waals surface area contributed by atoms with Crippen molar-refractivity contribution in [3.05, 3.63) is 0 Å². The van der Waals surface area contributed by atoms with Gasteiger partial charge in [0.1, 0.15) is 0 Å². The number of guanidine groups is 1. The highest BCUT2D eigenvalue weighted by atomic mass is 16.5. The summed E-state index contributed by atoms with van der Waals surface area (Å²) in [6.45, 7) is 6.86. The van der Waals surface area contributed by atoms with Crippen LogP contribution in [0.25, 0.3) is 0 Å². The van der Waals surface area contributed by atoms with E-state index in [9.17, 15) is 0 Å². The van der Waals surface area contributed by atoms with Crippen molar-refractivity contribution in [2.45, 2.75) is 45.6 Å². The van der Waals surface area contributed by atoms with E-state index in [0.29, 0.717) is 18.6 Å². The predicted molar refractivity (Wildman–Crippen MR) is 75.3 cm³/mol. The molecule has 0 aromatic rings. The summed E-state index contributed by atoms with van der Waals surface area (Å²) in [6.07, 6.45) is 4.94. The molecule has 0 amide bonds. The van der Waals surface area contributed by atoms with Crippen molar-refractivity contribution in [2.24, 2.45) is 16.8 Å². The number of rotatable bonds is 6. The quantitative estimate of drug-likeness (QED) is 0.326. The number of ether oxygens (including phenoxy) is 1. The molecule has 0 saturated heterocycles. The Labute approximate surface area is 111 Å². The van der Waals surface area contributed by atoms with Gasteiger partial charge in [0, 0.05) is 20.2 Å². The molecular weight excluding hydrogens is 228 g/mol. The van der Waals surface area contributed by atoms with Gasteiger partial charge in [0.25, 0.3) is 0 Å². The molecule has 0 unspecified atom stereocenters. The average Bonchev–Trinajstić information content (AvgIpc) is 2.84. The molecule has 0 radical (unpaired) electrons. The first kappa shape index (κ1) is 15.2. The Morgan fingerprint density at radius 3 is 2.61 bits per heavy atom. The fourth-order valence-corrected chi connectivity index (χ4v) is 2.34. The van der Waals surface area contributed by atoms with Gasteiger partial charge in [0.05, 0.1) is 12.6 Å². The summed E-state index contributed by atoms with van der Waals surface area (Å²) in [6, 6.07) is 0.438. The lowest BCUT2D eigenvalue weighted by Crippen LogP contribution is -2.48. The Hall–Kier alpha value is -0.810. The average molecular weight is 256 g/mol. The monoisotopic (exact) mass is 256 g/mol. The van der Waals surface area contributed by atoms with Gasteiger partial charge < -0.3 is 9.64 Å². The van der Waals surface area contributed by atoms with Crippen LogP contribution in [0.5, 0.6) is 0 Å². The van der Waals surface area contributed by atoms with Gasteiger partial charge in [-0.2, -0.15) is 0 Å². The van der Waals surface area contributed by atoms with Crippen LogP contribution in [0.3, 0.4) is 0 Å². The van der Waals surface area contributed by atoms with E-state index in [2.05, 4.69) is 24.2 Å². The molecule has 0 bridgehead atoms. The van der Waals surface area contributed by atoms with E-state index in [1.54, 1.807) is 7.11 Å². The number of nitrogens with two attached hydrogens (primary N) is 1. The van der Waals surface area contributed by atoms with Crippen molar-refractivity contribution in [1.82, 2.24) is 10.3 Å². The number of hydrogen-bond donors (Lipinski definition) is 2. The molecule has 5 heteroatoms. The Bertz CT molecular complexity index is 249. The van der Waals surface area contributed by atoms with Crippen molar-refractivity contribution in [1.29, 1.82) is 0 Å². The summed E-state index contributed by atoms with van der Waals surface area (Å²) < 4.78 is 5.15. The Morgan fingerprint density at radius 1 is 1.44 bits per heavy atom. The molecular formula is C13H28N4O. The summed E-state index contributed by atoms with van der Waals surface area (Å²) in [5.41, 5.74) is 2.76. The van der Waals surface area contributed by atoms with Crippen LogP contribution in [-0.4, -0.2) is 43.7 Å². The van der Waals surface area contributed by atoms with Gasteiger partial charge in [-0.1, -0.05) is 26.7 Å². The van der Waals surface area contributed by atoms with Crippen molar-refractivity contribution < 1.29 is 4.74 Å². The van der Waals surface area contributed by atoms with Crippen molar-refractivity contribution in [3.63, 3.8) is 0 Å². The molecule has 1 aliphatic carbocycles. The topological polar surface area (TPSA) is 62.9 Å². The zero-order valence-electron chi connectivity index (χ0n) is 12.0. The normalized spacial score (nSPS) is 17.5. The molecule has 1 saturated carbocycles. The van der Waals surface area contributed by atoms with Crippen LogP contribution in [0, 0.1) is 5.92 Å². The Kier molecular flexibility index (Phi) is 7.05. The summed E-state index contributed by atoms with van der Waals surface area (Å²) in [5, 5.41) is 0. The van der Waals surface area contributed by atoms with Gasteiger partial charge >= 0.3 is 0 Å². The Balaban J connectivity index is 2.64. The smallest absolute Gasteiger partial charge is 0.208 e. The first-order valence-corrected chi connectivity index (χ1v) is 6.95. The summed E-state index contributed by atoms with van der Waals surface area (Å²) in [7, 11) is 1.72. The van der Waals surface area contributed by atoms with E-state index >= 15 is 0 Å². The highest BCUT2D eigenvalue weighted by molar-refractivity contribution is 5.79. The van der Waals surface area contributed by atoms with E-state index in [1.165, 1.54) is 25.7 Å². The van der Waals surface area contributed by atoms with E-state index in [0.717, 1.165) is 19.0 Å². The molecule has 3 N–H and O–H groups in total. The molecule has 1 fully saturated rings. The minimum absolute atomic E-state index is 0.438. The summed E-state index contributed by atoms with van der Waals surface area (Å²) >= 11 is 0. The molecule has 0 aliphatic heterocycles. The van der Waals surface area contributed by atoms with E-state index in [4.69, 9.17) is 15.6 Å². The number of nitrogens with zero attached hydrogens (tertiary/aromatic N) is 2. The highest BCUT2D eigenvalue weighted by Gasteiger charge is 2.18. The zero-order chi connectivity index (χ0) is 13.4. The predicted octanol–water partition coefficient (Wildman–Crippen LogP) is 1.35. The van der Waals surface area contributed by atoms with Gasteiger partial charge in [-0.3, -0.25) is 5.43 Å². The van der Waals surface area contributed by atoms with E-state index in [-0.39, 0.29) is 0 Å². The van der Waals surface area contributed by atoms with Crippen LogP contribution >= 0.6 is 0 Å². The number of hydrazine groups is 1. The standard InChI is InChI=1S/C13H28N4O/c1-11(2)10-17(8-9-18-3)13(16-14)15-12-6-4-5-7-12/h11-12H,4-10,14H2,1-3H3,(H,15,16). The van der Waals surface area contributed by atoms with Crippen LogP contribution in [0.2, 0.25) is 0 Å². The SMILES string of the molecule is COCCN(CC(C)C)C(=NC1CCCC1)NN. The molecule has 18 heavy (non-hydrogen) atoms. The molecule has 0 aromatic heterocycles. The first-order valence-electron chi connectivity index (χ1n) is 6.95. The highest BCUT2D eigenvalue weighted by Crippen LogP contribution is 2.21. The second-order valence-electron chi connectivity index (χ2n) is 5.37. The minimum Gasteiger partial charge on any atom is -0.383 e. The zero-order valence-corrected chi connectivity index (χ0v) is 12.0. The van der Waals surface area contributed by atoms with Gasteiger partial charge in [-0.15, -0.1) is 0 Å². The first-order chi connectivity index (χ1) is 8.67. The fraction of sp³-hybridized carbons (Fsp3) is 0.923. The lowest BCUT2D eigenvalue weighted by molar-refractivity contribution is 0.170. The fourth-order valence-electron chi connectivity index (χ4n) is 2.34. The number of hydrogen-bond acceptors (Lipinski definition) is 3. The molecule has 1 rings (SSSR count). The molecule has 5 nitrogen and oxygen atoms in total. The van der Waals surface area contributed by atoms with Crippen molar-refractivity contribution in [3.8, 4) is 0 Å². The molecule has 1 aliphatic rings. The van der Waals surface area contributed by atoms with Crippen molar-refractivity contribution in [2.75, 3.05) is 26.8 Å². The third-order valence-corrected chi connectivity index (χ3v) is 3.21. The Morgan fingerprint density at radius 2 is 2.11 bits per heavy atom. The maximum absolute atomic E-state index is 5.64. The van der Waals surface area contributed by atoms with Crippen LogP contribution < -0.4 is 11.3 Å². The number of nitrogens with one attached hydrogen (secondary N) is 1. The van der Waals surface area contributed by atoms with Crippen molar-refractivity contribution >= 4 is 5.96 Å². The second-order valence-corrected chi connectivity index (χ2v) is 5.37. The summed E-state index contributed by atoms with van der Waals surface area (Å²) in [5.74, 6) is 7.02. The molecule has 0 heterocycles. The second kappa shape index (κ2) is 8.32. The minimum atomic E-state index is 0.438. The molecule has 0 atom stereocenters. The van der Waals surface area contributed by atoms with E-state index in [1.807, 2.05) is 0 Å². The summed E-state index contributed by atoms with van der Waals surface area (Å²) in [4.78, 5) is 6.94. The molecule has 0 aromatic carbocycles. The number of methoxy groups -OCH3 is 1. The third kappa shape index (κ3) is 5.23. The third-order valence-electron chi connectivity index (χ3n) is 3.21. The van der Waals surface area contributed by atoms with Crippen LogP contribution in [0.1, 0.15) is 39.5 Å². The van der Waals surface area contributed by atoms with Gasteiger partial charge in [-0.25, -0.2) is 10.8 Å². The molecule has 0 spiro atoms. The van der Waals surface area contributed by atoms with Crippen LogP contribution in [0.15, 0.2) is 4.99 Å². The van der Waals surface area contributed by atoms with Crippen LogP contribution in [-0.2, 0) is 4.74 Å². The largest absolute Gasteiger partial charge is 0.383 e. The lowest BCUT2D eigenvalue weighted by atomic mass is 10.2.